The summed E-state index contributed by atoms with van der Waals surface area (Å²) in [5, 5.41) is 0. The fourth-order valence-corrected chi connectivity index (χ4v) is 3.63. The second kappa shape index (κ2) is 5.79. The molecule has 1 saturated heterocycles. The molecule has 20 heavy (non-hydrogen) atoms. The van der Waals surface area contributed by atoms with Crippen molar-refractivity contribution in [2.75, 3.05) is 18.0 Å². The van der Waals surface area contributed by atoms with E-state index in [0.29, 0.717) is 5.92 Å². The standard InChI is InChI=1S/C19H29N/c1-4-15-9-11-20(12-10-15)17-7-8-18(14(2)3)19(13-17)16-5-6-16/h7-8,13-16H,4-6,9-12H2,1-3H3. The predicted octanol–water partition coefficient (Wildman–Crippen LogP) is 5.31. The van der Waals surface area contributed by atoms with E-state index in [1.165, 1.54) is 50.9 Å². The molecule has 1 saturated carbocycles. The Morgan fingerprint density at radius 2 is 1.80 bits per heavy atom. The van der Waals surface area contributed by atoms with Crippen LogP contribution in [-0.2, 0) is 0 Å². The first-order valence-electron chi connectivity index (χ1n) is 8.57. The summed E-state index contributed by atoms with van der Waals surface area (Å²) < 4.78 is 0. The molecule has 0 amide bonds. The third-order valence-electron chi connectivity index (χ3n) is 5.27. The van der Waals surface area contributed by atoms with Gasteiger partial charge in [-0.3, -0.25) is 0 Å². The smallest absolute Gasteiger partial charge is 0.0369 e. The third-order valence-corrected chi connectivity index (χ3v) is 5.27. The van der Waals surface area contributed by atoms with Crippen molar-refractivity contribution in [1.29, 1.82) is 0 Å². The minimum Gasteiger partial charge on any atom is -0.372 e. The number of piperidine rings is 1. The molecule has 0 spiro atoms. The highest BCUT2D eigenvalue weighted by molar-refractivity contribution is 5.53. The lowest BCUT2D eigenvalue weighted by molar-refractivity contribution is 0.395. The number of nitrogens with zero attached hydrogens (tertiary/aromatic N) is 1. The van der Waals surface area contributed by atoms with Gasteiger partial charge in [-0.1, -0.05) is 33.3 Å². The van der Waals surface area contributed by atoms with Crippen LogP contribution in [0.2, 0.25) is 0 Å². The molecule has 1 heterocycles. The van der Waals surface area contributed by atoms with Crippen molar-refractivity contribution >= 4 is 5.69 Å². The molecule has 1 aromatic carbocycles. The monoisotopic (exact) mass is 271 g/mol. The second-order valence-electron chi connectivity index (χ2n) is 7.08. The van der Waals surface area contributed by atoms with E-state index in [-0.39, 0.29) is 0 Å². The van der Waals surface area contributed by atoms with Gasteiger partial charge in [-0.2, -0.15) is 0 Å². The van der Waals surface area contributed by atoms with E-state index in [4.69, 9.17) is 0 Å². The highest BCUT2D eigenvalue weighted by Crippen LogP contribution is 2.44. The van der Waals surface area contributed by atoms with Gasteiger partial charge in [0.25, 0.3) is 0 Å². The lowest BCUT2D eigenvalue weighted by atomic mass is 9.92. The van der Waals surface area contributed by atoms with Crippen molar-refractivity contribution < 1.29 is 0 Å². The van der Waals surface area contributed by atoms with Gasteiger partial charge in [0.15, 0.2) is 0 Å². The van der Waals surface area contributed by atoms with Gasteiger partial charge >= 0.3 is 0 Å². The van der Waals surface area contributed by atoms with E-state index in [1.54, 1.807) is 11.1 Å². The average Bonchev–Trinajstić information content (AvgIpc) is 3.31. The Kier molecular flexibility index (Phi) is 4.05. The van der Waals surface area contributed by atoms with E-state index in [0.717, 1.165) is 11.8 Å². The Morgan fingerprint density at radius 1 is 1.10 bits per heavy atom. The van der Waals surface area contributed by atoms with Crippen LogP contribution in [0.25, 0.3) is 0 Å². The normalized spacial score (nSPS) is 20.7. The van der Waals surface area contributed by atoms with E-state index in [9.17, 15) is 0 Å². The van der Waals surface area contributed by atoms with Crippen molar-refractivity contribution in [3.63, 3.8) is 0 Å². The van der Waals surface area contributed by atoms with Crippen molar-refractivity contribution in [2.45, 2.75) is 64.7 Å². The number of anilines is 1. The number of hydrogen-bond donors (Lipinski definition) is 0. The highest BCUT2D eigenvalue weighted by atomic mass is 15.1. The summed E-state index contributed by atoms with van der Waals surface area (Å²) in [7, 11) is 0. The van der Waals surface area contributed by atoms with Crippen LogP contribution in [0.15, 0.2) is 18.2 Å². The van der Waals surface area contributed by atoms with Crippen LogP contribution in [0, 0.1) is 5.92 Å². The van der Waals surface area contributed by atoms with Gasteiger partial charge < -0.3 is 4.90 Å². The molecule has 1 heteroatoms. The lowest BCUT2D eigenvalue weighted by Gasteiger charge is -2.34. The third kappa shape index (κ3) is 2.87. The molecule has 2 aliphatic rings. The lowest BCUT2D eigenvalue weighted by Crippen LogP contribution is -2.33. The molecule has 0 aromatic heterocycles. The fourth-order valence-electron chi connectivity index (χ4n) is 3.63. The Balaban J connectivity index is 1.79. The molecule has 1 aliphatic carbocycles. The van der Waals surface area contributed by atoms with Gasteiger partial charge in [0.05, 0.1) is 0 Å². The molecule has 0 bridgehead atoms. The van der Waals surface area contributed by atoms with Crippen molar-refractivity contribution in [3.8, 4) is 0 Å². The maximum atomic E-state index is 2.61. The zero-order valence-corrected chi connectivity index (χ0v) is 13.4. The Morgan fingerprint density at radius 3 is 2.35 bits per heavy atom. The van der Waals surface area contributed by atoms with Gasteiger partial charge in [0.2, 0.25) is 0 Å². The summed E-state index contributed by atoms with van der Waals surface area (Å²) in [5.41, 5.74) is 4.71. The minimum atomic E-state index is 0.658. The van der Waals surface area contributed by atoms with E-state index < -0.39 is 0 Å². The average molecular weight is 271 g/mol. The molecule has 1 aromatic rings. The first kappa shape index (κ1) is 14.0. The molecule has 110 valence electrons. The summed E-state index contributed by atoms with van der Waals surface area (Å²) in [6, 6.07) is 7.28. The molecule has 0 atom stereocenters. The number of rotatable bonds is 4. The van der Waals surface area contributed by atoms with Crippen molar-refractivity contribution in [1.82, 2.24) is 0 Å². The van der Waals surface area contributed by atoms with Crippen LogP contribution < -0.4 is 4.90 Å². The van der Waals surface area contributed by atoms with Crippen LogP contribution in [0.5, 0.6) is 0 Å². The van der Waals surface area contributed by atoms with Gasteiger partial charge in [-0.25, -0.2) is 0 Å². The Hall–Kier alpha value is -0.980. The summed E-state index contributed by atoms with van der Waals surface area (Å²) >= 11 is 0. The second-order valence-corrected chi connectivity index (χ2v) is 7.08. The first-order chi connectivity index (χ1) is 9.69. The Labute approximate surface area is 124 Å². The Bertz CT molecular complexity index is 451. The summed E-state index contributed by atoms with van der Waals surface area (Å²) in [6.07, 6.45) is 6.91. The molecule has 0 unspecified atom stereocenters. The minimum absolute atomic E-state index is 0.658. The van der Waals surface area contributed by atoms with Crippen LogP contribution in [0.3, 0.4) is 0 Å². The zero-order chi connectivity index (χ0) is 14.1. The molecular weight excluding hydrogens is 242 g/mol. The molecule has 2 fully saturated rings. The molecule has 1 aliphatic heterocycles. The SMILES string of the molecule is CCC1CCN(c2ccc(C(C)C)c(C3CC3)c2)CC1. The summed E-state index contributed by atoms with van der Waals surface area (Å²) in [5.74, 6) is 2.48. The summed E-state index contributed by atoms with van der Waals surface area (Å²) in [6.45, 7) is 9.50. The van der Waals surface area contributed by atoms with Crippen LogP contribution in [0.4, 0.5) is 5.69 Å². The van der Waals surface area contributed by atoms with Gasteiger partial charge in [-0.05, 0) is 66.7 Å². The van der Waals surface area contributed by atoms with Crippen LogP contribution >= 0.6 is 0 Å². The van der Waals surface area contributed by atoms with Crippen LogP contribution in [-0.4, -0.2) is 13.1 Å². The molecule has 3 rings (SSSR count). The van der Waals surface area contributed by atoms with Gasteiger partial charge in [0, 0.05) is 18.8 Å². The fraction of sp³-hybridized carbons (Fsp3) is 0.684. The maximum Gasteiger partial charge on any atom is 0.0369 e. The van der Waals surface area contributed by atoms with E-state index in [1.807, 2.05) is 0 Å². The molecular formula is C19H29N. The number of benzene rings is 1. The van der Waals surface area contributed by atoms with E-state index in [2.05, 4.69) is 43.9 Å². The molecule has 0 radical (unpaired) electrons. The van der Waals surface area contributed by atoms with Crippen LogP contribution in [0.1, 0.15) is 75.8 Å². The first-order valence-corrected chi connectivity index (χ1v) is 8.57. The summed E-state index contributed by atoms with van der Waals surface area (Å²) in [4.78, 5) is 2.61. The van der Waals surface area contributed by atoms with Crippen molar-refractivity contribution in [2.24, 2.45) is 5.92 Å². The largest absolute Gasteiger partial charge is 0.372 e. The molecule has 1 nitrogen and oxygen atoms in total. The van der Waals surface area contributed by atoms with Gasteiger partial charge in [0.1, 0.15) is 0 Å². The topological polar surface area (TPSA) is 3.24 Å². The number of hydrogen-bond acceptors (Lipinski definition) is 1. The van der Waals surface area contributed by atoms with Crippen molar-refractivity contribution in [3.05, 3.63) is 29.3 Å². The highest BCUT2D eigenvalue weighted by Gasteiger charge is 2.28. The van der Waals surface area contributed by atoms with E-state index >= 15 is 0 Å². The predicted molar refractivity (Wildman–Crippen MR) is 87.7 cm³/mol. The molecule has 0 N–H and O–H groups in total. The maximum absolute atomic E-state index is 2.61. The van der Waals surface area contributed by atoms with Gasteiger partial charge in [-0.15, -0.1) is 0 Å². The zero-order valence-electron chi connectivity index (χ0n) is 13.4. The quantitative estimate of drug-likeness (QED) is 0.717.